The molecule has 1 heterocycles. The summed E-state index contributed by atoms with van der Waals surface area (Å²) in [7, 11) is 0. The van der Waals surface area contributed by atoms with Crippen molar-refractivity contribution in [3.63, 3.8) is 0 Å². The van der Waals surface area contributed by atoms with Crippen molar-refractivity contribution < 1.29 is 19.4 Å². The summed E-state index contributed by atoms with van der Waals surface area (Å²) in [4.78, 5) is 47.1. The van der Waals surface area contributed by atoms with Crippen LogP contribution in [0, 0.1) is 20.2 Å². The molecular formula is C19H17N5O6. The third kappa shape index (κ3) is 4.63. The van der Waals surface area contributed by atoms with Crippen molar-refractivity contribution >= 4 is 29.4 Å². The van der Waals surface area contributed by atoms with E-state index >= 15 is 0 Å². The van der Waals surface area contributed by atoms with Crippen LogP contribution in [0.5, 0.6) is 0 Å². The molecule has 11 heteroatoms. The first-order valence-corrected chi connectivity index (χ1v) is 8.99. The number of nitrogens with one attached hydrogen (secondary N) is 1. The number of rotatable bonds is 6. The Morgan fingerprint density at radius 2 is 1.70 bits per heavy atom. The molecule has 1 unspecified atom stereocenters. The molecule has 0 saturated carbocycles. The number of nitrogens with zero attached hydrogens (tertiary/aromatic N) is 4. The summed E-state index contributed by atoms with van der Waals surface area (Å²) >= 11 is 0. The Kier molecular flexibility index (Phi) is 6.11. The van der Waals surface area contributed by atoms with Crippen LogP contribution < -0.4 is 5.43 Å². The summed E-state index contributed by atoms with van der Waals surface area (Å²) in [5, 5.41) is 26.0. The summed E-state index contributed by atoms with van der Waals surface area (Å²) in [5.41, 5.74) is 1.81. The van der Waals surface area contributed by atoms with Crippen LogP contribution >= 0.6 is 0 Å². The maximum absolute atomic E-state index is 12.9. The van der Waals surface area contributed by atoms with E-state index in [1.54, 1.807) is 12.1 Å². The minimum atomic E-state index is -0.830. The maximum Gasteiger partial charge on any atom is 0.277 e. The number of hydrogen-bond acceptors (Lipinski definition) is 7. The van der Waals surface area contributed by atoms with E-state index in [1.807, 2.05) is 18.2 Å². The first-order valence-electron chi connectivity index (χ1n) is 8.99. The Bertz CT molecular complexity index is 991. The highest BCUT2D eigenvalue weighted by molar-refractivity contribution is 5.99. The third-order valence-corrected chi connectivity index (χ3v) is 4.58. The normalized spacial score (nSPS) is 15.9. The lowest BCUT2D eigenvalue weighted by Gasteiger charge is -2.23. The molecule has 0 radical (unpaired) electrons. The lowest BCUT2D eigenvalue weighted by molar-refractivity contribution is -0.394. The number of hydrogen-bond donors (Lipinski definition) is 1. The zero-order valence-corrected chi connectivity index (χ0v) is 15.6. The quantitative estimate of drug-likeness (QED) is 0.438. The SMILES string of the molecule is O=C(NN=Cc1ccccc1)C1CCCN1C(=O)c1cc([N+](=O)[O-])cc([N+](=O)[O-])c1. The molecule has 0 aliphatic carbocycles. The van der Waals surface area contributed by atoms with Crippen molar-refractivity contribution in [3.8, 4) is 0 Å². The van der Waals surface area contributed by atoms with Crippen LogP contribution in [-0.4, -0.2) is 45.4 Å². The largest absolute Gasteiger partial charge is 0.327 e. The van der Waals surface area contributed by atoms with Crippen molar-refractivity contribution in [2.75, 3.05) is 6.54 Å². The van der Waals surface area contributed by atoms with Crippen molar-refractivity contribution in [1.82, 2.24) is 10.3 Å². The molecule has 0 aromatic heterocycles. The summed E-state index contributed by atoms with van der Waals surface area (Å²) in [6, 6.07) is 11.0. The van der Waals surface area contributed by atoms with E-state index in [0.29, 0.717) is 12.8 Å². The highest BCUT2D eigenvalue weighted by Gasteiger charge is 2.35. The molecule has 1 aliphatic rings. The zero-order chi connectivity index (χ0) is 21.7. The van der Waals surface area contributed by atoms with Crippen LogP contribution in [0.3, 0.4) is 0 Å². The second-order valence-corrected chi connectivity index (χ2v) is 6.55. The van der Waals surface area contributed by atoms with Gasteiger partial charge in [-0.2, -0.15) is 5.10 Å². The number of carbonyl (C=O) groups is 2. The van der Waals surface area contributed by atoms with Gasteiger partial charge >= 0.3 is 0 Å². The smallest absolute Gasteiger partial charge is 0.277 e. The fraction of sp³-hybridized carbons (Fsp3) is 0.211. The first-order chi connectivity index (χ1) is 14.4. The van der Waals surface area contributed by atoms with Gasteiger partial charge in [0, 0.05) is 18.7 Å². The number of hydrazone groups is 1. The average molecular weight is 411 g/mol. The van der Waals surface area contributed by atoms with E-state index in [9.17, 15) is 29.8 Å². The van der Waals surface area contributed by atoms with Gasteiger partial charge < -0.3 is 4.90 Å². The van der Waals surface area contributed by atoms with Gasteiger partial charge in [0.25, 0.3) is 23.2 Å². The van der Waals surface area contributed by atoms with Crippen molar-refractivity contribution in [3.05, 3.63) is 79.9 Å². The number of likely N-dealkylation sites (tertiary alicyclic amines) is 1. The lowest BCUT2D eigenvalue weighted by Crippen LogP contribution is -2.44. The highest BCUT2D eigenvalue weighted by atomic mass is 16.6. The van der Waals surface area contributed by atoms with Gasteiger partial charge in [0.15, 0.2) is 0 Å². The molecule has 2 aromatic carbocycles. The maximum atomic E-state index is 12.9. The number of nitro groups is 2. The average Bonchev–Trinajstić information content (AvgIpc) is 3.23. The standard InChI is InChI=1S/C19H17N5O6/c25-18(21-20-12-13-5-2-1-3-6-13)17-7-4-8-22(17)19(26)14-9-15(23(27)28)11-16(10-14)24(29)30/h1-3,5-6,9-12,17H,4,7-8H2,(H,21,25). The van der Waals surface area contributed by atoms with Crippen LogP contribution in [0.2, 0.25) is 0 Å². The van der Waals surface area contributed by atoms with Gasteiger partial charge in [-0.1, -0.05) is 30.3 Å². The number of carbonyl (C=O) groups excluding carboxylic acids is 2. The summed E-state index contributed by atoms with van der Waals surface area (Å²) in [6.45, 7) is 0.246. The Morgan fingerprint density at radius 1 is 1.07 bits per heavy atom. The molecule has 11 nitrogen and oxygen atoms in total. The van der Waals surface area contributed by atoms with Gasteiger partial charge in [0.1, 0.15) is 6.04 Å². The Labute approximate surface area is 170 Å². The Balaban J connectivity index is 1.77. The van der Waals surface area contributed by atoms with Crippen LogP contribution in [0.15, 0.2) is 53.6 Å². The molecule has 30 heavy (non-hydrogen) atoms. The van der Waals surface area contributed by atoms with E-state index < -0.39 is 39.1 Å². The highest BCUT2D eigenvalue weighted by Crippen LogP contribution is 2.26. The molecule has 1 fully saturated rings. The van der Waals surface area contributed by atoms with Crippen LogP contribution in [-0.2, 0) is 4.79 Å². The van der Waals surface area contributed by atoms with Crippen molar-refractivity contribution in [2.24, 2.45) is 5.10 Å². The monoisotopic (exact) mass is 411 g/mol. The number of amides is 2. The minimum Gasteiger partial charge on any atom is -0.327 e. The molecule has 3 rings (SSSR count). The molecule has 1 aliphatic heterocycles. The Hall–Kier alpha value is -4.15. The van der Waals surface area contributed by atoms with Gasteiger partial charge in [-0.05, 0) is 18.4 Å². The number of benzene rings is 2. The summed E-state index contributed by atoms with van der Waals surface area (Å²) < 4.78 is 0. The van der Waals surface area contributed by atoms with E-state index in [1.165, 1.54) is 11.1 Å². The van der Waals surface area contributed by atoms with E-state index in [4.69, 9.17) is 0 Å². The molecule has 1 saturated heterocycles. The van der Waals surface area contributed by atoms with Crippen molar-refractivity contribution in [1.29, 1.82) is 0 Å². The summed E-state index contributed by atoms with van der Waals surface area (Å²) in [6.07, 6.45) is 2.39. The number of non-ortho nitro benzene ring substituents is 2. The van der Waals surface area contributed by atoms with Gasteiger partial charge in [-0.3, -0.25) is 29.8 Å². The van der Waals surface area contributed by atoms with Gasteiger partial charge in [-0.25, -0.2) is 5.43 Å². The van der Waals surface area contributed by atoms with Crippen LogP contribution in [0.4, 0.5) is 11.4 Å². The van der Waals surface area contributed by atoms with Gasteiger partial charge in [-0.15, -0.1) is 0 Å². The van der Waals surface area contributed by atoms with E-state index in [2.05, 4.69) is 10.5 Å². The molecular weight excluding hydrogens is 394 g/mol. The molecule has 1 N–H and O–H groups in total. The first kappa shape index (κ1) is 20.6. The summed E-state index contributed by atoms with van der Waals surface area (Å²) in [5.74, 6) is -1.19. The predicted molar refractivity (Wildman–Crippen MR) is 106 cm³/mol. The molecule has 0 bridgehead atoms. The van der Waals surface area contributed by atoms with Gasteiger partial charge in [0.2, 0.25) is 0 Å². The number of nitro benzene ring substituents is 2. The zero-order valence-electron chi connectivity index (χ0n) is 15.6. The molecule has 0 spiro atoms. The fourth-order valence-corrected chi connectivity index (χ4v) is 3.16. The topological polar surface area (TPSA) is 148 Å². The van der Waals surface area contributed by atoms with E-state index in [-0.39, 0.29) is 12.1 Å². The van der Waals surface area contributed by atoms with Crippen LogP contribution in [0.1, 0.15) is 28.8 Å². The van der Waals surface area contributed by atoms with Crippen LogP contribution in [0.25, 0.3) is 0 Å². The predicted octanol–water partition coefficient (Wildman–Crippen LogP) is 2.26. The lowest BCUT2D eigenvalue weighted by atomic mass is 10.1. The molecule has 2 aromatic rings. The second-order valence-electron chi connectivity index (χ2n) is 6.55. The van der Waals surface area contributed by atoms with E-state index in [0.717, 1.165) is 23.8 Å². The van der Waals surface area contributed by atoms with Gasteiger partial charge in [0.05, 0.1) is 27.7 Å². The minimum absolute atomic E-state index is 0.219. The molecule has 154 valence electrons. The van der Waals surface area contributed by atoms with Crippen molar-refractivity contribution in [2.45, 2.75) is 18.9 Å². The third-order valence-electron chi connectivity index (χ3n) is 4.58. The Morgan fingerprint density at radius 3 is 2.30 bits per heavy atom. The molecule has 2 amide bonds. The fourth-order valence-electron chi connectivity index (χ4n) is 3.16. The molecule has 1 atom stereocenters. The second kappa shape index (κ2) is 8.90.